The first-order valence-corrected chi connectivity index (χ1v) is 5.79. The molecule has 21 heavy (non-hydrogen) atoms. The second-order valence-corrected chi connectivity index (χ2v) is 3.85. The average Bonchev–Trinajstić information content (AvgIpc) is 3.01. The zero-order chi connectivity index (χ0) is 15.2. The van der Waals surface area contributed by atoms with Crippen LogP contribution in [0.3, 0.4) is 0 Å². The number of hydrazone groups is 1. The summed E-state index contributed by atoms with van der Waals surface area (Å²) in [4.78, 5) is 31.8. The van der Waals surface area contributed by atoms with E-state index in [4.69, 9.17) is 4.42 Å². The summed E-state index contributed by atoms with van der Waals surface area (Å²) < 4.78 is 4.91. The van der Waals surface area contributed by atoms with E-state index in [9.17, 15) is 19.7 Å². The Morgan fingerprint density at radius 1 is 1.33 bits per heavy atom. The first-order valence-electron chi connectivity index (χ1n) is 5.79. The van der Waals surface area contributed by atoms with Gasteiger partial charge in [0.2, 0.25) is 5.91 Å². The molecule has 108 valence electrons. The molecular weight excluding hydrogens is 280 g/mol. The lowest BCUT2D eigenvalue weighted by atomic mass is 10.4. The second-order valence-electron chi connectivity index (χ2n) is 3.85. The zero-order valence-electron chi connectivity index (χ0n) is 10.6. The largest absolute Gasteiger partial charge is 0.433 e. The molecule has 0 bridgehead atoms. The van der Waals surface area contributed by atoms with Crippen LogP contribution in [0.15, 0.2) is 39.9 Å². The molecule has 0 aliphatic carbocycles. The standard InChI is InChI=1S/C12H10N4O5/c17-10-8-15(12(18)14-10)13-7-3-1-2-4-9-5-6-11(21-9)16(19)20/h1-7H,8H2,(H,14,17,18)/b3-1+,4-2+,13-7-. The number of nitro groups is 1. The Bertz CT molecular complexity index is 658. The van der Waals surface area contributed by atoms with Crippen LogP contribution < -0.4 is 5.32 Å². The summed E-state index contributed by atoms with van der Waals surface area (Å²) in [5.41, 5.74) is 0. The molecule has 1 N–H and O–H groups in total. The average molecular weight is 290 g/mol. The molecular formula is C12H10N4O5. The fourth-order valence-corrected chi connectivity index (χ4v) is 1.44. The Morgan fingerprint density at radius 2 is 2.14 bits per heavy atom. The van der Waals surface area contributed by atoms with E-state index < -0.39 is 16.9 Å². The number of imide groups is 1. The van der Waals surface area contributed by atoms with E-state index in [1.165, 1.54) is 30.5 Å². The number of rotatable bonds is 5. The summed E-state index contributed by atoms with van der Waals surface area (Å²) in [6, 6.07) is 2.16. The summed E-state index contributed by atoms with van der Waals surface area (Å²) in [5.74, 6) is -0.391. The molecule has 1 aromatic heterocycles. The monoisotopic (exact) mass is 290 g/mol. The van der Waals surface area contributed by atoms with Crippen molar-refractivity contribution in [1.29, 1.82) is 0 Å². The van der Waals surface area contributed by atoms with Gasteiger partial charge in [-0.05, 0) is 18.2 Å². The molecule has 9 nitrogen and oxygen atoms in total. The minimum absolute atomic E-state index is 0.102. The smallest absolute Gasteiger partial charge is 0.401 e. The van der Waals surface area contributed by atoms with Gasteiger partial charge in [0.25, 0.3) is 0 Å². The zero-order valence-corrected chi connectivity index (χ0v) is 10.6. The fourth-order valence-electron chi connectivity index (χ4n) is 1.44. The van der Waals surface area contributed by atoms with E-state index >= 15 is 0 Å². The number of urea groups is 1. The molecule has 2 heterocycles. The maximum Gasteiger partial charge on any atom is 0.433 e. The van der Waals surface area contributed by atoms with E-state index in [0.717, 1.165) is 5.01 Å². The molecule has 0 atom stereocenters. The maximum atomic E-state index is 11.1. The number of furan rings is 1. The molecule has 0 aromatic carbocycles. The summed E-state index contributed by atoms with van der Waals surface area (Å²) in [6.45, 7) is -0.102. The van der Waals surface area contributed by atoms with Crippen molar-refractivity contribution in [1.82, 2.24) is 10.3 Å². The SMILES string of the molecule is O=C1CN(\N=C/C=C/C=C/c2ccc([N+](=O)[O-])o2)C(=O)N1. The number of hydrogen-bond acceptors (Lipinski definition) is 6. The van der Waals surface area contributed by atoms with Gasteiger partial charge < -0.3 is 4.42 Å². The molecule has 0 spiro atoms. The van der Waals surface area contributed by atoms with Gasteiger partial charge in [0.05, 0.1) is 6.07 Å². The first-order chi connectivity index (χ1) is 10.1. The van der Waals surface area contributed by atoms with Gasteiger partial charge in [-0.25, -0.2) is 9.80 Å². The molecule has 1 fully saturated rings. The van der Waals surface area contributed by atoms with Crippen molar-refractivity contribution in [3.05, 3.63) is 46.2 Å². The Balaban J connectivity index is 1.84. The van der Waals surface area contributed by atoms with Gasteiger partial charge in [-0.3, -0.25) is 20.2 Å². The number of amides is 3. The molecule has 2 rings (SSSR count). The van der Waals surface area contributed by atoms with Gasteiger partial charge in [0, 0.05) is 6.21 Å². The summed E-state index contributed by atoms with van der Waals surface area (Å²) >= 11 is 0. The van der Waals surface area contributed by atoms with Gasteiger partial charge in [-0.15, -0.1) is 0 Å². The Labute approximate surface area is 118 Å². The topological polar surface area (TPSA) is 118 Å². The Hall–Kier alpha value is -3.23. The first kappa shape index (κ1) is 14.2. The minimum atomic E-state index is -0.623. The lowest BCUT2D eigenvalue weighted by Crippen LogP contribution is -2.23. The third-order valence-electron chi connectivity index (χ3n) is 2.34. The van der Waals surface area contributed by atoms with Gasteiger partial charge >= 0.3 is 11.9 Å². The molecule has 0 radical (unpaired) electrons. The molecule has 1 saturated heterocycles. The van der Waals surface area contributed by atoms with Crippen LogP contribution in [-0.2, 0) is 4.79 Å². The predicted octanol–water partition coefficient (Wildman–Crippen LogP) is 1.29. The lowest BCUT2D eigenvalue weighted by Gasteiger charge is -2.02. The van der Waals surface area contributed by atoms with E-state index in [1.54, 1.807) is 12.2 Å². The Morgan fingerprint density at radius 3 is 2.76 bits per heavy atom. The van der Waals surface area contributed by atoms with Crippen molar-refractivity contribution in [2.24, 2.45) is 5.10 Å². The Kier molecular flexibility index (Phi) is 4.24. The van der Waals surface area contributed by atoms with Crippen LogP contribution in [0.5, 0.6) is 0 Å². The van der Waals surface area contributed by atoms with Crippen LogP contribution >= 0.6 is 0 Å². The normalized spacial score (nSPS) is 15.7. The van der Waals surface area contributed by atoms with Crippen molar-refractivity contribution in [2.75, 3.05) is 6.54 Å². The summed E-state index contributed by atoms with van der Waals surface area (Å²) in [7, 11) is 0. The highest BCUT2D eigenvalue weighted by Crippen LogP contribution is 2.16. The van der Waals surface area contributed by atoms with E-state index in [1.807, 2.05) is 0 Å². The molecule has 1 aliphatic rings. The van der Waals surface area contributed by atoms with Crippen LogP contribution in [0.2, 0.25) is 0 Å². The molecule has 1 aliphatic heterocycles. The van der Waals surface area contributed by atoms with E-state index in [2.05, 4.69) is 10.4 Å². The number of nitrogens with zero attached hydrogens (tertiary/aromatic N) is 3. The molecule has 0 unspecified atom stereocenters. The minimum Gasteiger partial charge on any atom is -0.401 e. The third kappa shape index (κ3) is 3.86. The highest BCUT2D eigenvalue weighted by molar-refractivity contribution is 6.02. The lowest BCUT2D eigenvalue weighted by molar-refractivity contribution is -0.402. The quantitative estimate of drug-likeness (QED) is 0.288. The highest BCUT2D eigenvalue weighted by atomic mass is 16.6. The fraction of sp³-hybridized carbons (Fsp3) is 0.0833. The molecule has 9 heteroatoms. The predicted molar refractivity (Wildman–Crippen MR) is 72.3 cm³/mol. The van der Waals surface area contributed by atoms with Gasteiger partial charge in [-0.1, -0.05) is 12.2 Å². The van der Waals surface area contributed by atoms with Crippen molar-refractivity contribution in [2.45, 2.75) is 0 Å². The van der Waals surface area contributed by atoms with Gasteiger partial charge in [0.1, 0.15) is 17.2 Å². The van der Waals surface area contributed by atoms with Crippen molar-refractivity contribution in [3.8, 4) is 0 Å². The highest BCUT2D eigenvalue weighted by Gasteiger charge is 2.25. The summed E-state index contributed by atoms with van der Waals surface area (Å²) in [5, 5.41) is 17.2. The van der Waals surface area contributed by atoms with Crippen LogP contribution in [0.4, 0.5) is 10.7 Å². The number of nitrogens with one attached hydrogen (secondary N) is 1. The maximum absolute atomic E-state index is 11.1. The van der Waals surface area contributed by atoms with Crippen molar-refractivity contribution < 1.29 is 18.9 Å². The molecule has 0 saturated carbocycles. The van der Waals surface area contributed by atoms with Gasteiger partial charge in [-0.2, -0.15) is 5.10 Å². The third-order valence-corrected chi connectivity index (χ3v) is 2.34. The van der Waals surface area contributed by atoms with Crippen LogP contribution in [0.1, 0.15) is 5.76 Å². The number of hydrogen-bond donors (Lipinski definition) is 1. The van der Waals surface area contributed by atoms with Crippen LogP contribution in [0.25, 0.3) is 6.08 Å². The summed E-state index contributed by atoms with van der Waals surface area (Å²) in [6.07, 6.45) is 7.58. The number of carbonyl (C=O) groups excluding carboxylic acids is 2. The molecule has 1 aromatic rings. The molecule has 3 amide bonds. The van der Waals surface area contributed by atoms with Crippen molar-refractivity contribution >= 4 is 30.1 Å². The van der Waals surface area contributed by atoms with E-state index in [0.29, 0.717) is 5.76 Å². The number of allylic oxidation sites excluding steroid dienone is 3. The second kappa shape index (κ2) is 6.28. The van der Waals surface area contributed by atoms with Crippen LogP contribution in [0, 0.1) is 10.1 Å². The van der Waals surface area contributed by atoms with Crippen LogP contribution in [-0.4, -0.2) is 34.6 Å². The van der Waals surface area contributed by atoms with Crippen molar-refractivity contribution in [3.63, 3.8) is 0 Å². The number of carbonyl (C=O) groups is 2. The van der Waals surface area contributed by atoms with E-state index in [-0.39, 0.29) is 12.4 Å². The van der Waals surface area contributed by atoms with Gasteiger partial charge in [0.15, 0.2) is 0 Å².